The van der Waals surface area contributed by atoms with E-state index >= 15 is 0 Å². The van der Waals surface area contributed by atoms with E-state index in [0.29, 0.717) is 16.9 Å². The molecule has 0 bridgehead atoms. The Morgan fingerprint density at radius 3 is 2.65 bits per heavy atom. The molecule has 102 valence electrons. The van der Waals surface area contributed by atoms with Gasteiger partial charge < -0.3 is 11.1 Å². The fourth-order valence-electron chi connectivity index (χ4n) is 1.83. The Hall–Kier alpha value is -2.89. The number of nitrogen functional groups attached to an aromatic ring is 1. The largest absolute Gasteiger partial charge is 0.399 e. The smallest absolute Gasteiger partial charge is 0.273 e. The summed E-state index contributed by atoms with van der Waals surface area (Å²) in [7, 11) is 0. The average Bonchev–Trinajstić information content (AvgIpc) is 2.38. The predicted octanol–water partition coefficient (Wildman–Crippen LogP) is 2.36. The Kier molecular flexibility index (Phi) is 3.95. The van der Waals surface area contributed by atoms with Gasteiger partial charge >= 0.3 is 0 Å². The number of nitrogens with one attached hydrogen (secondary N) is 1. The van der Waals surface area contributed by atoms with Crippen molar-refractivity contribution in [2.45, 2.75) is 6.42 Å². The van der Waals surface area contributed by atoms with E-state index in [1.54, 1.807) is 42.5 Å². The zero-order chi connectivity index (χ0) is 14.5. The van der Waals surface area contributed by atoms with E-state index in [0.717, 1.165) is 0 Å². The van der Waals surface area contributed by atoms with Gasteiger partial charge in [-0.2, -0.15) is 0 Å². The minimum absolute atomic E-state index is 0.0600. The number of benzene rings is 2. The molecule has 0 heterocycles. The van der Waals surface area contributed by atoms with Crippen molar-refractivity contribution in [1.29, 1.82) is 0 Å². The maximum absolute atomic E-state index is 11.9. The third-order valence-corrected chi connectivity index (χ3v) is 2.71. The lowest BCUT2D eigenvalue weighted by Gasteiger charge is -2.06. The highest BCUT2D eigenvalue weighted by Gasteiger charge is 2.15. The molecule has 3 N–H and O–H groups in total. The molecule has 0 saturated heterocycles. The molecule has 0 atom stereocenters. The molecule has 6 heteroatoms. The molecule has 0 aliphatic rings. The SMILES string of the molecule is Nc1cccc(NC(=O)Cc2ccccc2[N+](=O)[O-])c1. The zero-order valence-corrected chi connectivity index (χ0v) is 10.6. The maximum Gasteiger partial charge on any atom is 0.273 e. The third kappa shape index (κ3) is 3.32. The average molecular weight is 271 g/mol. The van der Waals surface area contributed by atoms with Crippen LogP contribution in [0.1, 0.15) is 5.56 Å². The van der Waals surface area contributed by atoms with Crippen LogP contribution < -0.4 is 11.1 Å². The van der Waals surface area contributed by atoms with E-state index in [1.807, 2.05) is 0 Å². The van der Waals surface area contributed by atoms with Gasteiger partial charge in [-0.05, 0) is 18.2 Å². The predicted molar refractivity (Wildman–Crippen MR) is 76.3 cm³/mol. The molecule has 0 radical (unpaired) electrons. The summed E-state index contributed by atoms with van der Waals surface area (Å²) in [5, 5.41) is 13.5. The Labute approximate surface area is 115 Å². The molecule has 2 rings (SSSR count). The summed E-state index contributed by atoms with van der Waals surface area (Å²) < 4.78 is 0. The number of nitro benzene ring substituents is 1. The van der Waals surface area contributed by atoms with E-state index in [1.165, 1.54) is 6.07 Å². The summed E-state index contributed by atoms with van der Waals surface area (Å²) in [6.45, 7) is 0. The van der Waals surface area contributed by atoms with Crippen molar-refractivity contribution >= 4 is 23.0 Å². The summed E-state index contributed by atoms with van der Waals surface area (Å²) >= 11 is 0. The Morgan fingerprint density at radius 2 is 1.95 bits per heavy atom. The highest BCUT2D eigenvalue weighted by Crippen LogP contribution is 2.19. The Bertz CT molecular complexity index is 656. The normalized spacial score (nSPS) is 10.0. The zero-order valence-electron chi connectivity index (χ0n) is 10.6. The number of carbonyl (C=O) groups excluding carboxylic acids is 1. The fourth-order valence-corrected chi connectivity index (χ4v) is 1.83. The fraction of sp³-hybridized carbons (Fsp3) is 0.0714. The van der Waals surface area contributed by atoms with Crippen LogP contribution in [0.15, 0.2) is 48.5 Å². The molecule has 2 aromatic rings. The molecule has 0 spiro atoms. The topological polar surface area (TPSA) is 98.3 Å². The first-order chi connectivity index (χ1) is 9.56. The van der Waals surface area contributed by atoms with Gasteiger partial charge in [0, 0.05) is 23.0 Å². The Morgan fingerprint density at radius 1 is 1.20 bits per heavy atom. The van der Waals surface area contributed by atoms with Crippen molar-refractivity contribution in [1.82, 2.24) is 0 Å². The molecule has 0 fully saturated rings. The lowest BCUT2D eigenvalue weighted by atomic mass is 10.1. The van der Waals surface area contributed by atoms with Crippen LogP contribution in [-0.2, 0) is 11.2 Å². The minimum atomic E-state index is -0.497. The highest BCUT2D eigenvalue weighted by atomic mass is 16.6. The van der Waals surface area contributed by atoms with E-state index in [4.69, 9.17) is 5.73 Å². The van der Waals surface area contributed by atoms with Crippen LogP contribution in [0, 0.1) is 10.1 Å². The molecule has 1 amide bonds. The van der Waals surface area contributed by atoms with Crippen molar-refractivity contribution < 1.29 is 9.72 Å². The maximum atomic E-state index is 11.9. The second kappa shape index (κ2) is 5.83. The van der Waals surface area contributed by atoms with E-state index in [9.17, 15) is 14.9 Å². The number of rotatable bonds is 4. The summed E-state index contributed by atoms with van der Waals surface area (Å²) in [4.78, 5) is 22.3. The van der Waals surface area contributed by atoms with E-state index in [-0.39, 0.29) is 18.0 Å². The first kappa shape index (κ1) is 13.5. The van der Waals surface area contributed by atoms with Crippen LogP contribution in [0.4, 0.5) is 17.1 Å². The van der Waals surface area contributed by atoms with Crippen molar-refractivity contribution in [3.63, 3.8) is 0 Å². The van der Waals surface area contributed by atoms with Gasteiger partial charge in [0.05, 0.1) is 11.3 Å². The number of para-hydroxylation sites is 1. The van der Waals surface area contributed by atoms with Crippen LogP contribution in [-0.4, -0.2) is 10.8 Å². The van der Waals surface area contributed by atoms with Crippen LogP contribution in [0.3, 0.4) is 0 Å². The lowest BCUT2D eigenvalue weighted by Crippen LogP contribution is -2.15. The minimum Gasteiger partial charge on any atom is -0.399 e. The monoisotopic (exact) mass is 271 g/mol. The van der Waals surface area contributed by atoms with Gasteiger partial charge in [0.2, 0.25) is 5.91 Å². The molecule has 20 heavy (non-hydrogen) atoms. The van der Waals surface area contributed by atoms with Crippen molar-refractivity contribution in [2.75, 3.05) is 11.1 Å². The number of nitrogens with zero attached hydrogens (tertiary/aromatic N) is 1. The van der Waals surface area contributed by atoms with Gasteiger partial charge in [-0.15, -0.1) is 0 Å². The number of anilines is 2. The number of amides is 1. The summed E-state index contributed by atoms with van der Waals surface area (Å²) in [6, 6.07) is 12.9. The quantitative estimate of drug-likeness (QED) is 0.506. The highest BCUT2D eigenvalue weighted by molar-refractivity contribution is 5.93. The van der Waals surface area contributed by atoms with Crippen LogP contribution in [0.2, 0.25) is 0 Å². The molecular weight excluding hydrogens is 258 g/mol. The molecule has 6 nitrogen and oxygen atoms in total. The number of carbonyl (C=O) groups is 1. The molecule has 0 unspecified atom stereocenters. The van der Waals surface area contributed by atoms with Gasteiger partial charge in [-0.25, -0.2) is 0 Å². The standard InChI is InChI=1S/C14H13N3O3/c15-11-5-3-6-12(9-11)16-14(18)8-10-4-1-2-7-13(10)17(19)20/h1-7,9H,8,15H2,(H,16,18). The first-order valence-electron chi connectivity index (χ1n) is 5.94. The second-order valence-electron chi connectivity index (χ2n) is 4.24. The van der Waals surface area contributed by atoms with Gasteiger partial charge in [0.1, 0.15) is 0 Å². The summed E-state index contributed by atoms with van der Waals surface area (Å²) in [6.07, 6.45) is -0.0635. The van der Waals surface area contributed by atoms with Crippen molar-refractivity contribution in [3.05, 3.63) is 64.2 Å². The molecule has 0 aromatic heterocycles. The number of nitro groups is 1. The van der Waals surface area contributed by atoms with E-state index < -0.39 is 4.92 Å². The van der Waals surface area contributed by atoms with Crippen LogP contribution in [0.25, 0.3) is 0 Å². The summed E-state index contributed by atoms with van der Waals surface area (Å²) in [5.41, 5.74) is 7.02. The van der Waals surface area contributed by atoms with Crippen LogP contribution in [0.5, 0.6) is 0 Å². The molecular formula is C14H13N3O3. The number of nitrogens with two attached hydrogens (primary N) is 1. The number of hydrogen-bond donors (Lipinski definition) is 2. The van der Waals surface area contributed by atoms with Crippen molar-refractivity contribution in [2.24, 2.45) is 0 Å². The summed E-state index contributed by atoms with van der Waals surface area (Å²) in [5.74, 6) is -0.329. The molecule has 0 saturated carbocycles. The lowest BCUT2D eigenvalue weighted by molar-refractivity contribution is -0.385. The second-order valence-corrected chi connectivity index (χ2v) is 4.24. The molecule has 2 aromatic carbocycles. The van der Waals surface area contributed by atoms with Crippen molar-refractivity contribution in [3.8, 4) is 0 Å². The van der Waals surface area contributed by atoms with E-state index in [2.05, 4.69) is 5.32 Å². The first-order valence-corrected chi connectivity index (χ1v) is 5.94. The van der Waals surface area contributed by atoms with Gasteiger partial charge in [0.25, 0.3) is 5.69 Å². The number of hydrogen-bond acceptors (Lipinski definition) is 4. The van der Waals surface area contributed by atoms with Gasteiger partial charge in [-0.3, -0.25) is 14.9 Å². The molecule has 0 aliphatic carbocycles. The van der Waals surface area contributed by atoms with Gasteiger partial charge in [0.15, 0.2) is 0 Å². The third-order valence-electron chi connectivity index (χ3n) is 2.71. The molecule has 0 aliphatic heterocycles. The van der Waals surface area contributed by atoms with Gasteiger partial charge in [-0.1, -0.05) is 24.3 Å². The Balaban J connectivity index is 2.11. The van der Waals surface area contributed by atoms with Crippen LogP contribution >= 0.6 is 0 Å².